The molecule has 202 valence electrons. The van der Waals surface area contributed by atoms with Crippen molar-refractivity contribution in [3.8, 4) is 16.3 Å². The zero-order valence-electron chi connectivity index (χ0n) is 20.1. The quantitative estimate of drug-likeness (QED) is 0.218. The van der Waals surface area contributed by atoms with Gasteiger partial charge in [0.1, 0.15) is 5.75 Å². The fourth-order valence-electron chi connectivity index (χ4n) is 4.51. The predicted molar refractivity (Wildman–Crippen MR) is 149 cm³/mol. The highest BCUT2D eigenvalue weighted by Gasteiger charge is 2.38. The van der Waals surface area contributed by atoms with E-state index in [1.165, 1.54) is 12.1 Å². The Kier molecular flexibility index (Phi) is 6.64. The third-order valence-corrected chi connectivity index (χ3v) is 8.08. The summed E-state index contributed by atoms with van der Waals surface area (Å²) in [5, 5.41) is 20.3. The number of aromatic hydroxyl groups is 1. The molecule has 1 aliphatic rings. The Morgan fingerprint density at radius 3 is 2.55 bits per heavy atom. The number of amides is 1. The van der Waals surface area contributed by atoms with Crippen LogP contribution in [0.3, 0.4) is 0 Å². The van der Waals surface area contributed by atoms with Crippen LogP contribution >= 0.6 is 38.9 Å². The van der Waals surface area contributed by atoms with Crippen LogP contribution in [-0.4, -0.2) is 36.3 Å². The summed E-state index contributed by atoms with van der Waals surface area (Å²) in [5.41, 5.74) is 0.293. The Balaban J connectivity index is 1.47. The fourth-order valence-corrected chi connectivity index (χ4v) is 5.90. The molecule has 0 radical (unpaired) electrons. The normalized spacial score (nSPS) is 15.6. The van der Waals surface area contributed by atoms with Crippen LogP contribution in [0.15, 0.2) is 82.4 Å². The van der Waals surface area contributed by atoms with Crippen molar-refractivity contribution in [2.24, 2.45) is 5.10 Å². The molecule has 0 saturated heterocycles. The van der Waals surface area contributed by atoms with Crippen LogP contribution in [-0.2, 0) is 6.18 Å². The van der Waals surface area contributed by atoms with E-state index >= 15 is 0 Å². The second-order valence-corrected chi connectivity index (χ2v) is 11.5. The molecule has 2 aromatic carbocycles. The van der Waals surface area contributed by atoms with E-state index in [1.807, 2.05) is 30.3 Å². The molecule has 0 spiro atoms. The molecule has 0 unspecified atom stereocenters. The molecular formula is C27H16BrClF3N5O2S. The number of rotatable bonds is 4. The molecule has 3 aromatic heterocycles. The van der Waals surface area contributed by atoms with E-state index in [2.05, 4.69) is 31.1 Å². The first-order valence-corrected chi connectivity index (χ1v) is 13.8. The Hall–Kier alpha value is -3.74. The second-order valence-electron chi connectivity index (χ2n) is 8.91. The van der Waals surface area contributed by atoms with Gasteiger partial charge in [0.2, 0.25) is 0 Å². The van der Waals surface area contributed by atoms with Crippen molar-refractivity contribution in [1.29, 1.82) is 0 Å². The highest BCUT2D eigenvalue weighted by atomic mass is 79.9. The summed E-state index contributed by atoms with van der Waals surface area (Å²) >= 11 is 10.5. The summed E-state index contributed by atoms with van der Waals surface area (Å²) in [4.78, 5) is 18.6. The van der Waals surface area contributed by atoms with Gasteiger partial charge in [-0.3, -0.25) is 4.79 Å². The van der Waals surface area contributed by atoms with E-state index in [0.717, 1.165) is 28.0 Å². The molecule has 0 bridgehead atoms. The smallest absolute Gasteiger partial charge is 0.433 e. The first-order valence-electron chi connectivity index (χ1n) is 11.8. The molecule has 0 fully saturated rings. The lowest BCUT2D eigenvalue weighted by atomic mass is 9.97. The number of phenols is 1. The van der Waals surface area contributed by atoms with Gasteiger partial charge in [-0.2, -0.15) is 23.4 Å². The summed E-state index contributed by atoms with van der Waals surface area (Å²) in [6.07, 6.45) is -4.51. The molecule has 6 rings (SSSR count). The zero-order valence-corrected chi connectivity index (χ0v) is 23.3. The van der Waals surface area contributed by atoms with E-state index < -0.39 is 23.8 Å². The van der Waals surface area contributed by atoms with Crippen molar-refractivity contribution in [3.63, 3.8) is 0 Å². The fraction of sp³-hybridized carbons (Fsp3) is 0.111. The summed E-state index contributed by atoms with van der Waals surface area (Å²) < 4.78 is 43.9. The van der Waals surface area contributed by atoms with Crippen LogP contribution in [0, 0.1) is 0 Å². The van der Waals surface area contributed by atoms with Gasteiger partial charge in [0.25, 0.3) is 5.91 Å². The summed E-state index contributed by atoms with van der Waals surface area (Å²) in [5.74, 6) is -0.791. The number of hydrazone groups is 1. The summed E-state index contributed by atoms with van der Waals surface area (Å²) in [6.45, 7) is 0. The maximum absolute atomic E-state index is 14.1. The van der Waals surface area contributed by atoms with Crippen molar-refractivity contribution in [3.05, 3.63) is 104 Å². The van der Waals surface area contributed by atoms with E-state index in [-0.39, 0.29) is 29.2 Å². The largest absolute Gasteiger partial charge is 0.508 e. The minimum absolute atomic E-state index is 0.0502. The third kappa shape index (κ3) is 4.87. The molecule has 1 aliphatic heterocycles. The van der Waals surface area contributed by atoms with Gasteiger partial charge >= 0.3 is 6.18 Å². The van der Waals surface area contributed by atoms with Crippen molar-refractivity contribution in [2.75, 3.05) is 0 Å². The van der Waals surface area contributed by atoms with Crippen LogP contribution in [0.25, 0.3) is 16.2 Å². The molecule has 1 atom stereocenters. The minimum Gasteiger partial charge on any atom is -0.508 e. The highest BCUT2D eigenvalue weighted by molar-refractivity contribution is 9.10. The molecule has 1 N–H and O–H groups in total. The third-order valence-electron chi connectivity index (χ3n) is 6.34. The number of aromatic nitrogens is 3. The van der Waals surface area contributed by atoms with Gasteiger partial charge in [0.05, 0.1) is 26.7 Å². The Morgan fingerprint density at radius 1 is 1.07 bits per heavy atom. The molecule has 1 amide bonds. The average molecular weight is 647 g/mol. The van der Waals surface area contributed by atoms with Gasteiger partial charge in [-0.25, -0.2) is 14.5 Å². The Bertz CT molecular complexity index is 1810. The number of carbonyl (C=O) groups is 1. The monoisotopic (exact) mass is 645 g/mol. The lowest BCUT2D eigenvalue weighted by molar-refractivity contribution is -0.142. The number of hydrogen-bond donors (Lipinski definition) is 1. The molecule has 5 aromatic rings. The molecule has 0 saturated carbocycles. The zero-order chi connectivity index (χ0) is 28.2. The number of benzene rings is 2. The number of fused-ring (bicyclic) bond motifs is 1. The van der Waals surface area contributed by atoms with Gasteiger partial charge in [-0.1, -0.05) is 57.9 Å². The number of carbonyl (C=O) groups excluding carboxylic acids is 1. The average Bonchev–Trinajstić information content (AvgIpc) is 3.67. The SMILES string of the molecule is O=C(c1cc2nc(-c3ccc(Cl)s3)cc(C(F)(F)F)n2n1)N1N=C(c2ccccc2)C[C@H]1c1cc(Br)ccc1O. The van der Waals surface area contributed by atoms with Gasteiger partial charge in [0.15, 0.2) is 17.0 Å². The predicted octanol–water partition coefficient (Wildman–Crippen LogP) is 7.59. The number of nitrogens with zero attached hydrogens (tertiary/aromatic N) is 5. The standard InChI is InChI=1S/C27H16BrClF3N5O2S/c28-15-6-7-21(38)16(10-15)20-11-17(14-4-2-1-3-5-14)34-36(20)26(39)19-13-25-33-18(22-8-9-24(29)40-22)12-23(27(30,31)32)37(25)35-19/h1-10,12-13,20,38H,11H2/t20-/m0/s1. The summed E-state index contributed by atoms with van der Waals surface area (Å²) in [7, 11) is 0. The molecule has 13 heteroatoms. The van der Waals surface area contributed by atoms with E-state index in [4.69, 9.17) is 11.6 Å². The Morgan fingerprint density at radius 2 is 1.85 bits per heavy atom. The van der Waals surface area contributed by atoms with Crippen LogP contribution in [0.5, 0.6) is 5.75 Å². The maximum atomic E-state index is 14.1. The lowest BCUT2D eigenvalue weighted by Crippen LogP contribution is -2.27. The Labute approximate surface area is 242 Å². The van der Waals surface area contributed by atoms with E-state index in [9.17, 15) is 23.1 Å². The van der Waals surface area contributed by atoms with Crippen LogP contribution < -0.4 is 0 Å². The molecule has 7 nitrogen and oxygen atoms in total. The van der Waals surface area contributed by atoms with Crippen molar-refractivity contribution >= 4 is 56.1 Å². The number of alkyl halides is 3. The van der Waals surface area contributed by atoms with Crippen LogP contribution in [0.4, 0.5) is 13.2 Å². The number of thiophene rings is 1. The molecule has 0 aliphatic carbocycles. The summed E-state index contributed by atoms with van der Waals surface area (Å²) in [6, 6.07) is 18.5. The van der Waals surface area contributed by atoms with Crippen molar-refractivity contribution in [1.82, 2.24) is 19.6 Å². The van der Waals surface area contributed by atoms with Gasteiger partial charge in [-0.15, -0.1) is 11.3 Å². The van der Waals surface area contributed by atoms with E-state index in [1.54, 1.807) is 24.3 Å². The topological polar surface area (TPSA) is 83.1 Å². The van der Waals surface area contributed by atoms with E-state index in [0.29, 0.717) is 29.5 Å². The minimum atomic E-state index is -4.78. The van der Waals surface area contributed by atoms with Gasteiger partial charge < -0.3 is 5.11 Å². The van der Waals surface area contributed by atoms with Crippen molar-refractivity contribution in [2.45, 2.75) is 18.6 Å². The highest BCUT2D eigenvalue weighted by Crippen LogP contribution is 2.40. The maximum Gasteiger partial charge on any atom is 0.433 e. The van der Waals surface area contributed by atoms with Gasteiger partial charge in [0, 0.05) is 22.5 Å². The molecule has 40 heavy (non-hydrogen) atoms. The second kappa shape index (κ2) is 10.0. The van der Waals surface area contributed by atoms with Crippen LogP contribution in [0.1, 0.15) is 39.8 Å². The number of halogens is 5. The number of phenolic OH excluding ortho intramolecular Hbond substituents is 1. The lowest BCUT2D eigenvalue weighted by Gasteiger charge is -2.22. The molecular weight excluding hydrogens is 631 g/mol. The first kappa shape index (κ1) is 26.5. The van der Waals surface area contributed by atoms with Gasteiger partial charge in [-0.05, 0) is 42.0 Å². The van der Waals surface area contributed by atoms with Crippen LogP contribution in [0.2, 0.25) is 4.34 Å². The first-order chi connectivity index (χ1) is 19.1. The number of hydrogen-bond acceptors (Lipinski definition) is 6. The van der Waals surface area contributed by atoms with Crippen molar-refractivity contribution < 1.29 is 23.1 Å². The molecule has 4 heterocycles.